The van der Waals surface area contributed by atoms with Crippen LogP contribution < -0.4 is 10.5 Å². The second-order valence-corrected chi connectivity index (χ2v) is 4.43. The van der Waals surface area contributed by atoms with Gasteiger partial charge in [0.2, 0.25) is 0 Å². The maximum absolute atomic E-state index is 11.0. The molecular formula is C12H15Cl2NO3. The van der Waals surface area contributed by atoms with Crippen LogP contribution in [0.1, 0.15) is 12.0 Å². The van der Waals surface area contributed by atoms with Gasteiger partial charge in [-0.25, -0.2) is 0 Å². The van der Waals surface area contributed by atoms with Crippen molar-refractivity contribution in [2.45, 2.75) is 12.8 Å². The van der Waals surface area contributed by atoms with Crippen molar-refractivity contribution < 1.29 is 14.3 Å². The molecule has 1 aromatic rings. The second-order valence-electron chi connectivity index (χ2n) is 3.59. The van der Waals surface area contributed by atoms with Crippen LogP contribution >= 0.6 is 23.2 Å². The third-order valence-electron chi connectivity index (χ3n) is 2.28. The Labute approximate surface area is 116 Å². The second kappa shape index (κ2) is 7.46. The predicted molar refractivity (Wildman–Crippen MR) is 71.3 cm³/mol. The van der Waals surface area contributed by atoms with E-state index in [2.05, 4.69) is 4.74 Å². The Bertz CT molecular complexity index is 424. The summed E-state index contributed by atoms with van der Waals surface area (Å²) in [6, 6.07) is 3.35. The molecule has 0 atom stereocenters. The lowest BCUT2D eigenvalue weighted by atomic mass is 10.1. The van der Waals surface area contributed by atoms with E-state index < -0.39 is 0 Å². The first-order chi connectivity index (χ1) is 8.58. The number of ether oxygens (including phenoxy) is 2. The van der Waals surface area contributed by atoms with Gasteiger partial charge in [0.15, 0.2) is 0 Å². The van der Waals surface area contributed by atoms with Crippen molar-refractivity contribution in [3.63, 3.8) is 0 Å². The first-order valence-electron chi connectivity index (χ1n) is 5.46. The fourth-order valence-corrected chi connectivity index (χ4v) is 2.05. The molecule has 0 aliphatic carbocycles. The molecule has 0 aliphatic rings. The summed E-state index contributed by atoms with van der Waals surface area (Å²) in [4.78, 5) is 11.0. The molecule has 1 aromatic carbocycles. The van der Waals surface area contributed by atoms with E-state index in [1.54, 1.807) is 12.1 Å². The van der Waals surface area contributed by atoms with Crippen LogP contribution in [0.4, 0.5) is 0 Å². The molecule has 0 saturated heterocycles. The minimum Gasteiger partial charge on any atom is -0.491 e. The smallest absolute Gasteiger partial charge is 0.308 e. The molecule has 0 fully saturated rings. The van der Waals surface area contributed by atoms with E-state index in [1.807, 2.05) is 0 Å². The molecular weight excluding hydrogens is 277 g/mol. The quantitative estimate of drug-likeness (QED) is 0.818. The molecule has 2 N–H and O–H groups in total. The molecule has 0 heterocycles. The van der Waals surface area contributed by atoms with Gasteiger partial charge < -0.3 is 15.2 Å². The summed E-state index contributed by atoms with van der Waals surface area (Å²) < 4.78 is 10.0. The Morgan fingerprint density at radius 1 is 1.39 bits per heavy atom. The van der Waals surface area contributed by atoms with Crippen molar-refractivity contribution in [2.24, 2.45) is 5.73 Å². The Balaban J connectivity index is 2.76. The molecule has 0 aromatic heterocycles. The van der Waals surface area contributed by atoms with Gasteiger partial charge in [-0.05, 0) is 30.7 Å². The molecule has 0 amide bonds. The number of nitrogens with two attached hydrogens (primary N) is 1. The fourth-order valence-electron chi connectivity index (χ4n) is 1.45. The largest absolute Gasteiger partial charge is 0.491 e. The number of rotatable bonds is 6. The van der Waals surface area contributed by atoms with Gasteiger partial charge in [-0.3, -0.25) is 4.79 Å². The maximum atomic E-state index is 11.0. The van der Waals surface area contributed by atoms with Gasteiger partial charge in [-0.1, -0.05) is 23.2 Å². The summed E-state index contributed by atoms with van der Waals surface area (Å²) in [5.41, 5.74) is 6.35. The third-order valence-corrected chi connectivity index (χ3v) is 2.78. The Morgan fingerprint density at radius 2 is 2.11 bits per heavy atom. The standard InChI is InChI=1S/C12H15Cl2NO3/c1-17-11(16)3-5-18-12-8(2-4-15)6-9(13)7-10(12)14/h6-7H,2-5,15H2,1H3. The highest BCUT2D eigenvalue weighted by atomic mass is 35.5. The molecule has 4 nitrogen and oxygen atoms in total. The topological polar surface area (TPSA) is 61.5 Å². The average molecular weight is 292 g/mol. The summed E-state index contributed by atoms with van der Waals surface area (Å²) in [7, 11) is 1.33. The number of hydrogen-bond acceptors (Lipinski definition) is 4. The van der Waals surface area contributed by atoms with Crippen molar-refractivity contribution in [1.29, 1.82) is 0 Å². The minimum atomic E-state index is -0.333. The average Bonchev–Trinajstić information content (AvgIpc) is 2.32. The molecule has 1 rings (SSSR count). The van der Waals surface area contributed by atoms with Crippen LogP contribution in [0.15, 0.2) is 12.1 Å². The number of carbonyl (C=O) groups excluding carboxylic acids is 1. The number of esters is 1. The molecule has 18 heavy (non-hydrogen) atoms. The van der Waals surface area contributed by atoms with E-state index >= 15 is 0 Å². The minimum absolute atomic E-state index is 0.164. The van der Waals surface area contributed by atoms with Crippen LogP contribution in [0.3, 0.4) is 0 Å². The molecule has 0 bridgehead atoms. The number of benzene rings is 1. The lowest BCUT2D eigenvalue weighted by Gasteiger charge is -2.13. The first-order valence-corrected chi connectivity index (χ1v) is 6.21. The molecule has 0 unspecified atom stereocenters. The van der Waals surface area contributed by atoms with Crippen molar-refractivity contribution in [3.8, 4) is 5.75 Å². The van der Waals surface area contributed by atoms with Crippen molar-refractivity contribution in [1.82, 2.24) is 0 Å². The summed E-state index contributed by atoms with van der Waals surface area (Å²) in [6.07, 6.45) is 0.769. The normalized spacial score (nSPS) is 10.2. The number of methoxy groups -OCH3 is 1. The van der Waals surface area contributed by atoms with Crippen LogP contribution in [0.5, 0.6) is 5.75 Å². The predicted octanol–water partition coefficient (Wildman–Crippen LogP) is 2.44. The highest BCUT2D eigenvalue weighted by molar-refractivity contribution is 6.35. The van der Waals surface area contributed by atoms with E-state index in [-0.39, 0.29) is 19.0 Å². The molecule has 0 radical (unpaired) electrons. The first kappa shape index (κ1) is 15.1. The molecule has 0 saturated carbocycles. The van der Waals surface area contributed by atoms with E-state index in [9.17, 15) is 4.79 Å². The van der Waals surface area contributed by atoms with Gasteiger partial charge in [0.05, 0.1) is 25.2 Å². The van der Waals surface area contributed by atoms with Crippen molar-refractivity contribution in [2.75, 3.05) is 20.3 Å². The zero-order valence-corrected chi connectivity index (χ0v) is 11.6. The van der Waals surface area contributed by atoms with Crippen LogP contribution in [0.25, 0.3) is 0 Å². The summed E-state index contributed by atoms with van der Waals surface area (Å²) in [5.74, 6) is 0.191. The van der Waals surface area contributed by atoms with Gasteiger partial charge in [-0.2, -0.15) is 0 Å². The van der Waals surface area contributed by atoms with E-state index in [0.717, 1.165) is 5.56 Å². The van der Waals surface area contributed by atoms with Gasteiger partial charge in [0.25, 0.3) is 0 Å². The van der Waals surface area contributed by atoms with Crippen LogP contribution in [0.2, 0.25) is 10.0 Å². The Morgan fingerprint density at radius 3 is 2.72 bits per heavy atom. The number of carbonyl (C=O) groups is 1. The van der Waals surface area contributed by atoms with Crippen LogP contribution in [-0.2, 0) is 16.0 Å². The van der Waals surface area contributed by atoms with Gasteiger partial charge >= 0.3 is 5.97 Å². The van der Waals surface area contributed by atoms with Crippen LogP contribution in [-0.4, -0.2) is 26.2 Å². The van der Waals surface area contributed by atoms with Gasteiger partial charge in [-0.15, -0.1) is 0 Å². The Kier molecular flexibility index (Phi) is 6.25. The number of halogens is 2. The van der Waals surface area contributed by atoms with E-state index in [0.29, 0.717) is 28.8 Å². The molecule has 100 valence electrons. The van der Waals surface area contributed by atoms with E-state index in [4.69, 9.17) is 33.7 Å². The Hall–Kier alpha value is -0.970. The lowest BCUT2D eigenvalue weighted by molar-refractivity contribution is -0.141. The monoisotopic (exact) mass is 291 g/mol. The zero-order chi connectivity index (χ0) is 13.5. The molecule has 6 heteroatoms. The zero-order valence-electron chi connectivity index (χ0n) is 10.0. The highest BCUT2D eigenvalue weighted by Crippen LogP contribution is 2.32. The molecule has 0 spiro atoms. The SMILES string of the molecule is COC(=O)CCOc1c(Cl)cc(Cl)cc1CCN. The van der Waals surface area contributed by atoms with Gasteiger partial charge in [0.1, 0.15) is 5.75 Å². The third kappa shape index (κ3) is 4.37. The lowest BCUT2D eigenvalue weighted by Crippen LogP contribution is -2.10. The van der Waals surface area contributed by atoms with E-state index in [1.165, 1.54) is 7.11 Å². The summed E-state index contributed by atoms with van der Waals surface area (Å²) in [5, 5.41) is 0.944. The van der Waals surface area contributed by atoms with Crippen molar-refractivity contribution >= 4 is 29.2 Å². The van der Waals surface area contributed by atoms with Crippen molar-refractivity contribution in [3.05, 3.63) is 27.7 Å². The fraction of sp³-hybridized carbons (Fsp3) is 0.417. The van der Waals surface area contributed by atoms with Gasteiger partial charge in [0, 0.05) is 5.02 Å². The van der Waals surface area contributed by atoms with Crippen LogP contribution in [0, 0.1) is 0 Å². The number of hydrogen-bond donors (Lipinski definition) is 1. The maximum Gasteiger partial charge on any atom is 0.308 e. The molecule has 0 aliphatic heterocycles. The summed E-state index contributed by atoms with van der Waals surface area (Å²) >= 11 is 12.0. The summed E-state index contributed by atoms with van der Waals surface area (Å²) in [6.45, 7) is 0.662. The highest BCUT2D eigenvalue weighted by Gasteiger charge is 2.11.